The van der Waals surface area contributed by atoms with E-state index in [2.05, 4.69) is 18.7 Å². The van der Waals surface area contributed by atoms with Gasteiger partial charge in [-0.3, -0.25) is 9.69 Å². The standard InChI is InChI=1S/C11H21NO2S/c1-4-14-11(13)7-9(2)12-5-6-15-10(3)8-12/h9-10H,4-8H2,1-3H3. The van der Waals surface area contributed by atoms with Crippen LogP contribution in [0.5, 0.6) is 0 Å². The number of hydrogen-bond acceptors (Lipinski definition) is 4. The summed E-state index contributed by atoms with van der Waals surface area (Å²) in [6, 6.07) is 0.312. The van der Waals surface area contributed by atoms with Gasteiger partial charge < -0.3 is 4.74 Å². The highest BCUT2D eigenvalue weighted by molar-refractivity contribution is 7.99. The lowest BCUT2D eigenvalue weighted by atomic mass is 10.2. The Morgan fingerprint density at radius 1 is 1.67 bits per heavy atom. The molecule has 1 aliphatic heterocycles. The Morgan fingerprint density at radius 2 is 2.40 bits per heavy atom. The maximum absolute atomic E-state index is 11.3. The van der Waals surface area contributed by atoms with E-state index < -0.39 is 0 Å². The van der Waals surface area contributed by atoms with Crippen molar-refractivity contribution in [3.05, 3.63) is 0 Å². The van der Waals surface area contributed by atoms with Crippen molar-refractivity contribution >= 4 is 17.7 Å². The van der Waals surface area contributed by atoms with Gasteiger partial charge in [0.25, 0.3) is 0 Å². The van der Waals surface area contributed by atoms with Crippen LogP contribution in [0.4, 0.5) is 0 Å². The molecule has 0 bridgehead atoms. The fourth-order valence-electron chi connectivity index (χ4n) is 1.84. The highest BCUT2D eigenvalue weighted by Crippen LogP contribution is 2.20. The Kier molecular flexibility index (Phi) is 5.47. The number of nitrogens with zero attached hydrogens (tertiary/aromatic N) is 1. The molecular formula is C11H21NO2S. The molecule has 4 heteroatoms. The summed E-state index contributed by atoms with van der Waals surface area (Å²) in [5.41, 5.74) is 0. The van der Waals surface area contributed by atoms with Crippen LogP contribution >= 0.6 is 11.8 Å². The molecule has 15 heavy (non-hydrogen) atoms. The molecule has 1 fully saturated rings. The third-order valence-corrected chi connectivity index (χ3v) is 3.80. The number of carbonyl (C=O) groups is 1. The quantitative estimate of drug-likeness (QED) is 0.690. The molecule has 0 saturated carbocycles. The van der Waals surface area contributed by atoms with Crippen LogP contribution in [0.1, 0.15) is 27.2 Å². The normalized spacial score (nSPS) is 24.9. The topological polar surface area (TPSA) is 29.5 Å². The molecule has 0 aromatic carbocycles. The minimum Gasteiger partial charge on any atom is -0.466 e. The van der Waals surface area contributed by atoms with Crippen molar-refractivity contribution in [1.29, 1.82) is 0 Å². The molecule has 0 aromatic heterocycles. The van der Waals surface area contributed by atoms with E-state index in [1.165, 1.54) is 5.75 Å². The minimum absolute atomic E-state index is 0.0733. The van der Waals surface area contributed by atoms with Crippen LogP contribution in [0.3, 0.4) is 0 Å². The first-order valence-electron chi connectivity index (χ1n) is 5.64. The van der Waals surface area contributed by atoms with E-state index in [9.17, 15) is 4.79 Å². The Labute approximate surface area is 96.5 Å². The molecule has 0 aliphatic carbocycles. The predicted octanol–water partition coefficient (Wildman–Crippen LogP) is 1.77. The van der Waals surface area contributed by atoms with Crippen molar-refractivity contribution in [2.45, 2.75) is 38.5 Å². The maximum Gasteiger partial charge on any atom is 0.307 e. The molecule has 3 nitrogen and oxygen atoms in total. The molecule has 0 N–H and O–H groups in total. The zero-order valence-corrected chi connectivity index (χ0v) is 10.7. The van der Waals surface area contributed by atoms with Gasteiger partial charge in [0.15, 0.2) is 0 Å². The number of esters is 1. The molecule has 1 heterocycles. The summed E-state index contributed by atoms with van der Waals surface area (Å²) in [6.07, 6.45) is 0.519. The average molecular weight is 231 g/mol. The number of thioether (sulfide) groups is 1. The van der Waals surface area contributed by atoms with Crippen LogP contribution in [-0.2, 0) is 9.53 Å². The van der Waals surface area contributed by atoms with Crippen LogP contribution in [0, 0.1) is 0 Å². The summed E-state index contributed by atoms with van der Waals surface area (Å²) >= 11 is 2.01. The highest BCUT2D eigenvalue weighted by Gasteiger charge is 2.23. The van der Waals surface area contributed by atoms with Gasteiger partial charge in [0.2, 0.25) is 0 Å². The lowest BCUT2D eigenvalue weighted by molar-refractivity contribution is -0.144. The van der Waals surface area contributed by atoms with Gasteiger partial charge in [-0.1, -0.05) is 6.92 Å². The Hall–Kier alpha value is -0.220. The van der Waals surface area contributed by atoms with Crippen molar-refractivity contribution in [2.75, 3.05) is 25.4 Å². The van der Waals surface area contributed by atoms with Gasteiger partial charge >= 0.3 is 5.97 Å². The van der Waals surface area contributed by atoms with Crippen molar-refractivity contribution in [1.82, 2.24) is 4.90 Å². The van der Waals surface area contributed by atoms with Gasteiger partial charge in [-0.15, -0.1) is 0 Å². The molecule has 1 saturated heterocycles. The second-order valence-corrected chi connectivity index (χ2v) is 5.58. The van der Waals surface area contributed by atoms with Crippen LogP contribution in [-0.4, -0.2) is 47.6 Å². The van der Waals surface area contributed by atoms with E-state index in [0.29, 0.717) is 24.3 Å². The second-order valence-electron chi connectivity index (χ2n) is 4.03. The Morgan fingerprint density at radius 3 is 3.00 bits per heavy atom. The summed E-state index contributed by atoms with van der Waals surface area (Å²) in [7, 11) is 0. The summed E-state index contributed by atoms with van der Waals surface area (Å²) in [5, 5.41) is 0.684. The van der Waals surface area contributed by atoms with Crippen LogP contribution in [0.2, 0.25) is 0 Å². The highest BCUT2D eigenvalue weighted by atomic mass is 32.2. The molecule has 1 aliphatic rings. The second kappa shape index (κ2) is 6.38. The van der Waals surface area contributed by atoms with E-state index in [1.807, 2.05) is 18.7 Å². The van der Waals surface area contributed by atoms with E-state index in [-0.39, 0.29) is 5.97 Å². The fraction of sp³-hybridized carbons (Fsp3) is 0.909. The molecule has 2 atom stereocenters. The molecule has 1 rings (SSSR count). The minimum atomic E-state index is -0.0733. The van der Waals surface area contributed by atoms with E-state index in [0.717, 1.165) is 13.1 Å². The zero-order chi connectivity index (χ0) is 11.3. The molecule has 0 aromatic rings. The molecule has 2 unspecified atom stereocenters. The van der Waals surface area contributed by atoms with Crippen molar-refractivity contribution in [3.8, 4) is 0 Å². The third-order valence-electron chi connectivity index (χ3n) is 2.66. The summed E-state index contributed by atoms with van der Waals surface area (Å²) in [5.74, 6) is 1.10. The molecule has 88 valence electrons. The van der Waals surface area contributed by atoms with Gasteiger partial charge in [0.05, 0.1) is 13.0 Å². The van der Waals surface area contributed by atoms with Crippen LogP contribution in [0.25, 0.3) is 0 Å². The summed E-state index contributed by atoms with van der Waals surface area (Å²) in [4.78, 5) is 13.7. The molecule has 0 radical (unpaired) electrons. The number of hydrogen-bond donors (Lipinski definition) is 0. The monoisotopic (exact) mass is 231 g/mol. The van der Waals surface area contributed by atoms with Gasteiger partial charge in [-0.2, -0.15) is 11.8 Å². The van der Waals surface area contributed by atoms with Gasteiger partial charge in [0.1, 0.15) is 0 Å². The third kappa shape index (κ3) is 4.43. The first-order chi connectivity index (χ1) is 7.13. The largest absolute Gasteiger partial charge is 0.466 e. The van der Waals surface area contributed by atoms with Gasteiger partial charge in [-0.05, 0) is 13.8 Å². The van der Waals surface area contributed by atoms with Crippen molar-refractivity contribution < 1.29 is 9.53 Å². The predicted molar refractivity (Wildman–Crippen MR) is 64.2 cm³/mol. The first-order valence-corrected chi connectivity index (χ1v) is 6.69. The van der Waals surface area contributed by atoms with Crippen molar-refractivity contribution in [3.63, 3.8) is 0 Å². The lowest BCUT2D eigenvalue weighted by Gasteiger charge is -2.34. The van der Waals surface area contributed by atoms with Crippen molar-refractivity contribution in [2.24, 2.45) is 0 Å². The average Bonchev–Trinajstić information content (AvgIpc) is 2.18. The SMILES string of the molecule is CCOC(=O)CC(C)N1CCSC(C)C1. The van der Waals surface area contributed by atoms with Crippen LogP contribution < -0.4 is 0 Å². The van der Waals surface area contributed by atoms with Crippen LogP contribution in [0.15, 0.2) is 0 Å². The zero-order valence-electron chi connectivity index (χ0n) is 9.86. The Bertz CT molecular complexity index is 211. The van der Waals surface area contributed by atoms with Gasteiger partial charge in [0, 0.05) is 30.1 Å². The van der Waals surface area contributed by atoms with Gasteiger partial charge in [-0.25, -0.2) is 0 Å². The maximum atomic E-state index is 11.3. The molecule has 0 amide bonds. The van der Waals surface area contributed by atoms with E-state index in [4.69, 9.17) is 4.74 Å². The fourth-order valence-corrected chi connectivity index (χ4v) is 2.88. The van der Waals surface area contributed by atoms with E-state index >= 15 is 0 Å². The lowest BCUT2D eigenvalue weighted by Crippen LogP contribution is -2.43. The first kappa shape index (κ1) is 12.8. The van der Waals surface area contributed by atoms with E-state index in [1.54, 1.807) is 0 Å². The Balaban J connectivity index is 2.32. The molecule has 0 spiro atoms. The number of ether oxygens (including phenoxy) is 1. The smallest absolute Gasteiger partial charge is 0.307 e. The number of rotatable bonds is 4. The molecular weight excluding hydrogens is 210 g/mol. The number of carbonyl (C=O) groups excluding carboxylic acids is 1. The summed E-state index contributed by atoms with van der Waals surface area (Å²) in [6.45, 7) is 8.87. The summed E-state index contributed by atoms with van der Waals surface area (Å²) < 4.78 is 4.96.